The molecule has 8 rings (SSSR count). The number of hydrogen-bond acceptors (Lipinski definition) is 10. The molecule has 4 aromatic rings. The summed E-state index contributed by atoms with van der Waals surface area (Å²) in [6.07, 6.45) is 5.46. The molecule has 0 bridgehead atoms. The first-order valence-corrected chi connectivity index (χ1v) is 22.1. The number of likely N-dealkylation sites (tertiary alicyclic amines) is 1. The maximum absolute atomic E-state index is 13.4. The Bertz CT molecular complexity index is 2520. The van der Waals surface area contributed by atoms with Crippen molar-refractivity contribution >= 4 is 45.9 Å². The molecule has 1 saturated carbocycles. The van der Waals surface area contributed by atoms with Crippen molar-refractivity contribution in [2.45, 2.75) is 90.8 Å². The molecule has 13 nitrogen and oxygen atoms in total. The van der Waals surface area contributed by atoms with Crippen LogP contribution in [0.4, 0.5) is 5.69 Å². The molecule has 1 atom stereocenters. The van der Waals surface area contributed by atoms with Gasteiger partial charge in [-0.25, -0.2) is 0 Å². The number of carbonyl (C=O) groups excluding carboxylic acids is 3. The van der Waals surface area contributed by atoms with E-state index in [1.165, 1.54) is 0 Å². The number of benzene rings is 3. The molecule has 14 heteroatoms. The molecular formula is C48H53ClN8O5. The molecule has 4 fully saturated rings. The van der Waals surface area contributed by atoms with Gasteiger partial charge in [-0.05, 0) is 112 Å². The number of rotatable bonds is 9. The summed E-state index contributed by atoms with van der Waals surface area (Å²) in [5.74, 6) is 7.51. The molecule has 1 aliphatic carbocycles. The lowest BCUT2D eigenvalue weighted by Gasteiger charge is -2.63. The van der Waals surface area contributed by atoms with E-state index in [-0.39, 0.29) is 53.2 Å². The first-order valence-electron chi connectivity index (χ1n) is 21.7. The molecule has 322 valence electrons. The first-order chi connectivity index (χ1) is 29.7. The van der Waals surface area contributed by atoms with Crippen LogP contribution in [0.25, 0.3) is 10.9 Å². The van der Waals surface area contributed by atoms with Crippen LogP contribution < -0.4 is 25.8 Å². The molecule has 3 amide bonds. The number of fused-ring (bicyclic) bond motifs is 1. The summed E-state index contributed by atoms with van der Waals surface area (Å²) in [5, 5.41) is 23.8. The Morgan fingerprint density at radius 3 is 2.31 bits per heavy atom. The Labute approximate surface area is 367 Å². The average molecular weight is 857 g/mol. The van der Waals surface area contributed by atoms with Crippen LogP contribution in [0.5, 0.6) is 5.75 Å². The second kappa shape index (κ2) is 17.5. The van der Waals surface area contributed by atoms with Crippen molar-refractivity contribution < 1.29 is 19.1 Å². The zero-order valence-corrected chi connectivity index (χ0v) is 36.5. The minimum atomic E-state index is -0.845. The number of halogens is 1. The summed E-state index contributed by atoms with van der Waals surface area (Å²) < 4.78 is 7.48. The van der Waals surface area contributed by atoms with E-state index < -0.39 is 11.9 Å². The molecule has 4 heterocycles. The van der Waals surface area contributed by atoms with E-state index in [2.05, 4.69) is 76.4 Å². The third kappa shape index (κ3) is 8.79. The van der Waals surface area contributed by atoms with Gasteiger partial charge in [0.1, 0.15) is 29.5 Å². The Kier molecular flexibility index (Phi) is 12.1. The summed E-state index contributed by atoms with van der Waals surface area (Å²) in [5.41, 5.74) is 2.26. The van der Waals surface area contributed by atoms with Crippen LogP contribution >= 0.6 is 11.6 Å². The number of carbonyl (C=O) groups is 3. The summed E-state index contributed by atoms with van der Waals surface area (Å²) in [7, 11) is 0. The van der Waals surface area contributed by atoms with Crippen LogP contribution in [-0.4, -0.2) is 82.5 Å². The van der Waals surface area contributed by atoms with Gasteiger partial charge in [-0.2, -0.15) is 9.94 Å². The number of ether oxygens (including phenoxy) is 1. The van der Waals surface area contributed by atoms with E-state index in [0.717, 1.165) is 80.8 Å². The maximum atomic E-state index is 13.4. The fraction of sp³-hybridized carbons (Fsp3) is 0.479. The van der Waals surface area contributed by atoms with Gasteiger partial charge in [0.2, 0.25) is 5.91 Å². The van der Waals surface area contributed by atoms with Crippen molar-refractivity contribution in [3.63, 3.8) is 0 Å². The number of amides is 3. The Morgan fingerprint density at radius 2 is 1.63 bits per heavy atom. The average Bonchev–Trinajstić information content (AvgIpc) is 3.26. The Hall–Kier alpha value is -5.76. The van der Waals surface area contributed by atoms with E-state index in [4.69, 9.17) is 16.3 Å². The van der Waals surface area contributed by atoms with Gasteiger partial charge in [0.25, 0.3) is 17.4 Å². The number of imide groups is 1. The van der Waals surface area contributed by atoms with Gasteiger partial charge in [-0.1, -0.05) is 56.4 Å². The highest BCUT2D eigenvalue weighted by molar-refractivity contribution is 6.31. The smallest absolute Gasteiger partial charge is 0.278 e. The highest BCUT2D eigenvalue weighted by atomic mass is 35.5. The summed E-state index contributed by atoms with van der Waals surface area (Å²) in [6.45, 7) is 13.4. The highest BCUT2D eigenvalue weighted by Crippen LogP contribution is 2.55. The van der Waals surface area contributed by atoms with E-state index in [1.807, 2.05) is 42.5 Å². The van der Waals surface area contributed by atoms with Crippen molar-refractivity contribution in [3.8, 4) is 23.7 Å². The SMILES string of the molecule is CC1(C)C(NC(=O)c2ccc(C#CCC3CCN(CC4CCN(c5ccc6nnn(C7CCC(=O)NC7=O)c(=O)c6c5)CC4)CC3)cc2)C(C)(C)C1Oc1ccc(C#N)c(Cl)c1. The number of anilines is 1. The third-order valence-electron chi connectivity index (χ3n) is 13.6. The number of nitriles is 1. The fourth-order valence-electron chi connectivity index (χ4n) is 10.3. The standard InChI is InChI=1S/C48H53ClN8O5/c1-47(2)45(48(3,4)46(47)62-36-14-12-34(28-50)38(49)27-36)52-42(59)33-10-8-30(9-11-33)6-5-7-31-18-22-55(23-19-31)29-32-20-24-56(25-21-32)35-13-15-39-37(26-35)44(61)57(54-53-39)40-16-17-41(58)51-43(40)60/h8-15,26-27,31-32,40,45-46H,7,16-25,29H2,1-4H3,(H,52,59)(H,51,58,60). The Morgan fingerprint density at radius 1 is 0.919 bits per heavy atom. The molecular weight excluding hydrogens is 804 g/mol. The van der Waals surface area contributed by atoms with Gasteiger partial charge >= 0.3 is 0 Å². The van der Waals surface area contributed by atoms with Crippen LogP contribution in [-0.2, 0) is 9.59 Å². The van der Waals surface area contributed by atoms with Gasteiger partial charge in [0.05, 0.1) is 16.0 Å². The predicted molar refractivity (Wildman–Crippen MR) is 237 cm³/mol. The summed E-state index contributed by atoms with van der Waals surface area (Å²) in [6, 6.07) is 19.4. The van der Waals surface area contributed by atoms with E-state index in [9.17, 15) is 24.4 Å². The van der Waals surface area contributed by atoms with Crippen molar-refractivity contribution in [3.05, 3.63) is 92.7 Å². The number of piperidine rings is 3. The van der Waals surface area contributed by atoms with Gasteiger partial charge in [-0.3, -0.25) is 24.5 Å². The van der Waals surface area contributed by atoms with Gasteiger partial charge < -0.3 is 19.9 Å². The molecule has 3 aromatic carbocycles. The van der Waals surface area contributed by atoms with E-state index in [1.54, 1.807) is 18.2 Å². The second-order valence-electron chi connectivity index (χ2n) is 18.6. The molecule has 62 heavy (non-hydrogen) atoms. The van der Waals surface area contributed by atoms with Crippen molar-refractivity contribution in [2.24, 2.45) is 22.7 Å². The Balaban J connectivity index is 0.766. The first kappa shape index (κ1) is 42.9. The van der Waals surface area contributed by atoms with Crippen LogP contribution in [0, 0.1) is 45.8 Å². The predicted octanol–water partition coefficient (Wildman–Crippen LogP) is 6.28. The molecule has 1 aromatic heterocycles. The second-order valence-corrected chi connectivity index (χ2v) is 19.0. The number of nitrogens with zero attached hydrogens (tertiary/aromatic N) is 6. The van der Waals surface area contributed by atoms with Crippen LogP contribution in [0.15, 0.2) is 65.5 Å². The van der Waals surface area contributed by atoms with Gasteiger partial charge in [0.15, 0.2) is 0 Å². The van der Waals surface area contributed by atoms with Crippen molar-refractivity contribution in [1.82, 2.24) is 30.5 Å². The molecule has 3 aliphatic heterocycles. The largest absolute Gasteiger partial charge is 0.489 e. The lowest BCUT2D eigenvalue weighted by molar-refractivity contribution is -0.164. The molecule has 4 aliphatic rings. The minimum absolute atomic E-state index is 0.126. The summed E-state index contributed by atoms with van der Waals surface area (Å²) in [4.78, 5) is 55.8. The van der Waals surface area contributed by atoms with E-state index >= 15 is 0 Å². The van der Waals surface area contributed by atoms with Crippen LogP contribution in [0.1, 0.15) is 100 Å². The summed E-state index contributed by atoms with van der Waals surface area (Å²) >= 11 is 6.25. The maximum Gasteiger partial charge on any atom is 0.278 e. The van der Waals surface area contributed by atoms with Crippen molar-refractivity contribution in [2.75, 3.05) is 37.6 Å². The number of aromatic nitrogens is 3. The topological polar surface area (TPSA) is 163 Å². The molecule has 1 unspecified atom stereocenters. The lowest BCUT2D eigenvalue weighted by Crippen LogP contribution is -2.74. The van der Waals surface area contributed by atoms with Crippen LogP contribution in [0.2, 0.25) is 5.02 Å². The third-order valence-corrected chi connectivity index (χ3v) is 13.9. The minimum Gasteiger partial charge on any atom is -0.489 e. The molecule has 0 spiro atoms. The number of nitrogens with one attached hydrogen (secondary N) is 2. The normalized spacial score (nSPS) is 22.8. The molecule has 0 radical (unpaired) electrons. The zero-order valence-electron chi connectivity index (χ0n) is 35.7. The van der Waals surface area contributed by atoms with Crippen molar-refractivity contribution in [1.29, 1.82) is 5.26 Å². The number of hydrogen-bond donors (Lipinski definition) is 2. The van der Waals surface area contributed by atoms with Crippen LogP contribution in [0.3, 0.4) is 0 Å². The lowest BCUT2D eigenvalue weighted by atomic mass is 9.49. The monoisotopic (exact) mass is 856 g/mol. The highest BCUT2D eigenvalue weighted by Gasteiger charge is 2.64. The quantitative estimate of drug-likeness (QED) is 0.145. The van der Waals surface area contributed by atoms with Gasteiger partial charge in [0, 0.05) is 72.2 Å². The molecule has 2 N–H and O–H groups in total. The zero-order chi connectivity index (χ0) is 43.8. The van der Waals surface area contributed by atoms with E-state index in [0.29, 0.717) is 44.6 Å². The van der Waals surface area contributed by atoms with Gasteiger partial charge in [-0.15, -0.1) is 5.10 Å². The fourth-order valence-corrected chi connectivity index (χ4v) is 10.5. The molecule has 3 saturated heterocycles.